The van der Waals surface area contributed by atoms with Crippen molar-refractivity contribution >= 4 is 28.2 Å². The lowest BCUT2D eigenvalue weighted by Gasteiger charge is -2.03. The Morgan fingerprint density at radius 3 is 2.88 bits per heavy atom. The van der Waals surface area contributed by atoms with Gasteiger partial charge in [0, 0.05) is 20.3 Å². The Balaban J connectivity index is 2.17. The molecule has 0 atom stereocenters. The number of nitrogens with zero attached hydrogens (tertiary/aromatic N) is 5. The van der Waals surface area contributed by atoms with Gasteiger partial charge in [0.05, 0.1) is 11.6 Å². The normalized spacial score (nSPS) is 9.94. The van der Waals surface area contributed by atoms with Crippen LogP contribution in [0, 0.1) is 11.3 Å². The van der Waals surface area contributed by atoms with Crippen LogP contribution in [0.3, 0.4) is 0 Å². The maximum atomic E-state index is 8.79. The summed E-state index contributed by atoms with van der Waals surface area (Å²) in [4.78, 5) is 6.08. The highest BCUT2D eigenvalue weighted by Crippen LogP contribution is 2.31. The SMILES string of the molecule is CN(C)c1nnc(Sc2cc(C#N)ccn2)s1. The van der Waals surface area contributed by atoms with Crippen molar-refractivity contribution in [2.24, 2.45) is 0 Å². The molecule has 2 aromatic rings. The molecular weight excluding hydrogens is 254 g/mol. The van der Waals surface area contributed by atoms with E-state index < -0.39 is 0 Å². The van der Waals surface area contributed by atoms with Gasteiger partial charge in [-0.25, -0.2) is 4.98 Å². The number of nitriles is 1. The first-order valence-electron chi connectivity index (χ1n) is 4.74. The second-order valence-electron chi connectivity index (χ2n) is 3.34. The minimum atomic E-state index is 0.597. The predicted octanol–water partition coefficient (Wildman–Crippen LogP) is 2.02. The topological polar surface area (TPSA) is 65.7 Å². The number of rotatable bonds is 3. The summed E-state index contributed by atoms with van der Waals surface area (Å²) in [5, 5.41) is 18.5. The quantitative estimate of drug-likeness (QED) is 0.844. The van der Waals surface area contributed by atoms with E-state index in [1.165, 1.54) is 23.1 Å². The predicted molar refractivity (Wildman–Crippen MR) is 67.3 cm³/mol. The van der Waals surface area contributed by atoms with E-state index in [1.807, 2.05) is 19.0 Å². The van der Waals surface area contributed by atoms with Crippen molar-refractivity contribution in [1.29, 1.82) is 5.26 Å². The lowest BCUT2D eigenvalue weighted by Crippen LogP contribution is -2.07. The van der Waals surface area contributed by atoms with Crippen LogP contribution in [0.1, 0.15) is 5.56 Å². The van der Waals surface area contributed by atoms with Gasteiger partial charge >= 0.3 is 0 Å². The van der Waals surface area contributed by atoms with Crippen molar-refractivity contribution in [1.82, 2.24) is 15.2 Å². The average molecular weight is 263 g/mol. The van der Waals surface area contributed by atoms with Crippen molar-refractivity contribution in [3.63, 3.8) is 0 Å². The summed E-state index contributed by atoms with van der Waals surface area (Å²) >= 11 is 2.90. The summed E-state index contributed by atoms with van der Waals surface area (Å²) in [7, 11) is 3.84. The molecular formula is C10H9N5S2. The number of anilines is 1. The van der Waals surface area contributed by atoms with Crippen molar-refractivity contribution in [2.75, 3.05) is 19.0 Å². The van der Waals surface area contributed by atoms with Crippen LogP contribution in [0.15, 0.2) is 27.7 Å². The summed E-state index contributed by atoms with van der Waals surface area (Å²) in [5.74, 6) is 0. The van der Waals surface area contributed by atoms with E-state index in [0.29, 0.717) is 5.56 Å². The van der Waals surface area contributed by atoms with Crippen LogP contribution in [0.5, 0.6) is 0 Å². The van der Waals surface area contributed by atoms with Gasteiger partial charge in [0.1, 0.15) is 5.03 Å². The lowest BCUT2D eigenvalue weighted by molar-refractivity contribution is 0.970. The second kappa shape index (κ2) is 5.12. The molecule has 0 aliphatic rings. The fourth-order valence-electron chi connectivity index (χ4n) is 1.05. The van der Waals surface area contributed by atoms with Crippen LogP contribution in [0.25, 0.3) is 0 Å². The zero-order valence-corrected chi connectivity index (χ0v) is 10.9. The highest BCUT2D eigenvalue weighted by Gasteiger charge is 2.08. The minimum absolute atomic E-state index is 0.597. The molecule has 0 bridgehead atoms. The standard InChI is InChI=1S/C10H9N5S2/c1-15(2)9-13-14-10(17-9)16-8-5-7(6-11)3-4-12-8/h3-5H,1-2H3. The van der Waals surface area contributed by atoms with Gasteiger partial charge in [-0.05, 0) is 23.9 Å². The molecule has 0 amide bonds. The molecule has 0 aliphatic carbocycles. The Hall–Kier alpha value is -1.65. The monoisotopic (exact) mass is 263 g/mol. The van der Waals surface area contributed by atoms with Crippen LogP contribution < -0.4 is 4.90 Å². The third-order valence-corrected chi connectivity index (χ3v) is 3.91. The van der Waals surface area contributed by atoms with E-state index in [2.05, 4.69) is 21.3 Å². The van der Waals surface area contributed by atoms with Gasteiger partial charge in [-0.15, -0.1) is 10.2 Å². The van der Waals surface area contributed by atoms with Crippen LogP contribution in [0.4, 0.5) is 5.13 Å². The van der Waals surface area contributed by atoms with Crippen LogP contribution in [0.2, 0.25) is 0 Å². The van der Waals surface area contributed by atoms with E-state index in [0.717, 1.165) is 14.5 Å². The van der Waals surface area contributed by atoms with Gasteiger partial charge < -0.3 is 4.90 Å². The molecule has 0 fully saturated rings. The Kier molecular flexibility index (Phi) is 3.56. The Bertz CT molecular complexity index is 558. The van der Waals surface area contributed by atoms with Crippen molar-refractivity contribution in [3.8, 4) is 6.07 Å². The van der Waals surface area contributed by atoms with Crippen LogP contribution in [-0.2, 0) is 0 Å². The number of pyridine rings is 1. The fourth-order valence-corrected chi connectivity index (χ4v) is 2.76. The van der Waals surface area contributed by atoms with Gasteiger partial charge in [-0.1, -0.05) is 11.3 Å². The first kappa shape index (κ1) is 11.8. The Labute approximate surface area is 107 Å². The Morgan fingerprint density at radius 1 is 1.41 bits per heavy atom. The highest BCUT2D eigenvalue weighted by atomic mass is 32.2. The zero-order valence-electron chi connectivity index (χ0n) is 9.28. The van der Waals surface area contributed by atoms with Crippen LogP contribution >= 0.6 is 23.1 Å². The summed E-state index contributed by atoms with van der Waals surface area (Å²) in [5.41, 5.74) is 0.597. The second-order valence-corrected chi connectivity index (χ2v) is 5.57. The first-order valence-corrected chi connectivity index (χ1v) is 6.37. The molecule has 2 heterocycles. The highest BCUT2D eigenvalue weighted by molar-refractivity contribution is 8.01. The molecule has 0 spiro atoms. The number of hydrogen-bond donors (Lipinski definition) is 0. The minimum Gasteiger partial charge on any atom is -0.353 e. The van der Waals surface area contributed by atoms with Gasteiger partial charge in [0.2, 0.25) is 5.13 Å². The molecule has 0 radical (unpaired) electrons. The molecule has 2 rings (SSSR count). The molecule has 17 heavy (non-hydrogen) atoms. The molecule has 0 aromatic carbocycles. The molecule has 0 saturated heterocycles. The maximum Gasteiger partial charge on any atom is 0.208 e. The van der Waals surface area contributed by atoms with Gasteiger partial charge in [0.15, 0.2) is 4.34 Å². The van der Waals surface area contributed by atoms with Crippen molar-refractivity contribution in [2.45, 2.75) is 9.37 Å². The molecule has 0 unspecified atom stereocenters. The molecule has 5 nitrogen and oxygen atoms in total. The first-order chi connectivity index (χ1) is 8.19. The maximum absolute atomic E-state index is 8.79. The van der Waals surface area contributed by atoms with Gasteiger partial charge in [0.25, 0.3) is 0 Å². The largest absolute Gasteiger partial charge is 0.353 e. The summed E-state index contributed by atoms with van der Waals surface area (Å²) in [6, 6.07) is 5.50. The molecule has 7 heteroatoms. The molecule has 0 N–H and O–H groups in total. The van der Waals surface area contributed by atoms with E-state index in [4.69, 9.17) is 5.26 Å². The third-order valence-electron chi connectivity index (χ3n) is 1.83. The van der Waals surface area contributed by atoms with E-state index in [1.54, 1.807) is 18.3 Å². The van der Waals surface area contributed by atoms with Gasteiger partial charge in [-0.3, -0.25) is 0 Å². The zero-order chi connectivity index (χ0) is 12.3. The molecule has 86 valence electrons. The van der Waals surface area contributed by atoms with Crippen molar-refractivity contribution < 1.29 is 0 Å². The lowest BCUT2D eigenvalue weighted by atomic mass is 10.3. The molecule has 0 aliphatic heterocycles. The summed E-state index contributed by atoms with van der Waals surface area (Å²) in [6.45, 7) is 0. The third kappa shape index (κ3) is 2.93. The molecule has 2 aromatic heterocycles. The van der Waals surface area contributed by atoms with Crippen LogP contribution in [-0.4, -0.2) is 29.3 Å². The summed E-state index contributed by atoms with van der Waals surface area (Å²) in [6.07, 6.45) is 1.62. The fraction of sp³-hybridized carbons (Fsp3) is 0.200. The number of hydrogen-bond acceptors (Lipinski definition) is 7. The van der Waals surface area contributed by atoms with Gasteiger partial charge in [-0.2, -0.15) is 5.26 Å². The molecule has 0 saturated carbocycles. The summed E-state index contributed by atoms with van der Waals surface area (Å²) < 4.78 is 0.816. The van der Waals surface area contributed by atoms with E-state index in [9.17, 15) is 0 Å². The van der Waals surface area contributed by atoms with E-state index >= 15 is 0 Å². The number of aromatic nitrogens is 3. The van der Waals surface area contributed by atoms with Crippen molar-refractivity contribution in [3.05, 3.63) is 23.9 Å². The Morgan fingerprint density at radius 2 is 2.24 bits per heavy atom. The van der Waals surface area contributed by atoms with E-state index in [-0.39, 0.29) is 0 Å². The average Bonchev–Trinajstić information content (AvgIpc) is 2.78. The smallest absolute Gasteiger partial charge is 0.208 e.